The van der Waals surface area contributed by atoms with Crippen molar-refractivity contribution < 1.29 is 9.90 Å². The molecule has 0 aliphatic rings. The van der Waals surface area contributed by atoms with Crippen molar-refractivity contribution in [3.63, 3.8) is 0 Å². The minimum absolute atomic E-state index is 0.145. The van der Waals surface area contributed by atoms with Gasteiger partial charge in [0, 0.05) is 19.6 Å². The molecule has 5 heteroatoms. The summed E-state index contributed by atoms with van der Waals surface area (Å²) in [6.07, 6.45) is 0.145. The van der Waals surface area contributed by atoms with E-state index in [1.54, 1.807) is 0 Å². The number of hydrogen-bond donors (Lipinski definition) is 2. The standard InChI is InChI=1S/C14H19N3O2/c1-3-17-10(2)16-12-8-11(4-5-13(12)17)9-15-7-6-14(18)19/h4-5,8,15H,3,6-7,9H2,1-2H3,(H,18,19). The number of carbonyl (C=O) groups is 1. The maximum Gasteiger partial charge on any atom is 0.304 e. The number of aliphatic carboxylic acids is 1. The minimum atomic E-state index is -0.778. The van der Waals surface area contributed by atoms with Crippen LogP contribution in [0.5, 0.6) is 0 Å². The first kappa shape index (κ1) is 13.5. The van der Waals surface area contributed by atoms with Gasteiger partial charge in [0.25, 0.3) is 0 Å². The van der Waals surface area contributed by atoms with Gasteiger partial charge in [0.05, 0.1) is 17.5 Å². The van der Waals surface area contributed by atoms with Gasteiger partial charge >= 0.3 is 5.97 Å². The number of carboxylic acids is 1. The van der Waals surface area contributed by atoms with Crippen LogP contribution in [0.3, 0.4) is 0 Å². The van der Waals surface area contributed by atoms with Crippen molar-refractivity contribution in [2.75, 3.05) is 6.54 Å². The topological polar surface area (TPSA) is 67.2 Å². The van der Waals surface area contributed by atoms with Gasteiger partial charge in [0.1, 0.15) is 5.82 Å². The van der Waals surface area contributed by atoms with E-state index in [0.717, 1.165) is 29.0 Å². The van der Waals surface area contributed by atoms with Gasteiger partial charge < -0.3 is 15.0 Å². The second-order valence-electron chi connectivity index (χ2n) is 4.55. The smallest absolute Gasteiger partial charge is 0.304 e. The van der Waals surface area contributed by atoms with E-state index >= 15 is 0 Å². The Balaban J connectivity index is 2.07. The van der Waals surface area contributed by atoms with Crippen LogP contribution in [0.25, 0.3) is 11.0 Å². The zero-order valence-electron chi connectivity index (χ0n) is 11.3. The van der Waals surface area contributed by atoms with Crippen molar-refractivity contribution in [3.8, 4) is 0 Å². The molecule has 0 radical (unpaired) electrons. The van der Waals surface area contributed by atoms with Crippen molar-refractivity contribution in [2.24, 2.45) is 0 Å². The van der Waals surface area contributed by atoms with Gasteiger partial charge in [0.2, 0.25) is 0 Å². The van der Waals surface area contributed by atoms with E-state index in [1.807, 2.05) is 6.92 Å². The number of nitrogens with one attached hydrogen (secondary N) is 1. The van der Waals surface area contributed by atoms with Crippen LogP contribution in [0.15, 0.2) is 18.2 Å². The Morgan fingerprint density at radius 1 is 1.47 bits per heavy atom. The van der Waals surface area contributed by atoms with Gasteiger partial charge in [-0.3, -0.25) is 4.79 Å². The molecule has 0 aliphatic carbocycles. The Morgan fingerprint density at radius 3 is 2.95 bits per heavy atom. The van der Waals surface area contributed by atoms with E-state index in [0.29, 0.717) is 13.1 Å². The highest BCUT2D eigenvalue weighted by atomic mass is 16.4. The van der Waals surface area contributed by atoms with Crippen LogP contribution < -0.4 is 5.32 Å². The molecule has 1 heterocycles. The molecule has 0 spiro atoms. The molecule has 102 valence electrons. The van der Waals surface area contributed by atoms with Crippen molar-refractivity contribution in [1.82, 2.24) is 14.9 Å². The summed E-state index contributed by atoms with van der Waals surface area (Å²) in [5.41, 5.74) is 3.27. The van der Waals surface area contributed by atoms with E-state index in [9.17, 15) is 4.79 Å². The number of fused-ring (bicyclic) bond motifs is 1. The zero-order valence-corrected chi connectivity index (χ0v) is 11.3. The van der Waals surface area contributed by atoms with Gasteiger partial charge in [-0.1, -0.05) is 6.07 Å². The lowest BCUT2D eigenvalue weighted by Gasteiger charge is -2.04. The van der Waals surface area contributed by atoms with E-state index in [-0.39, 0.29) is 6.42 Å². The Morgan fingerprint density at radius 2 is 2.26 bits per heavy atom. The highest BCUT2D eigenvalue weighted by molar-refractivity contribution is 5.76. The predicted molar refractivity (Wildman–Crippen MR) is 74.1 cm³/mol. The Bertz CT molecular complexity index is 590. The molecule has 1 aromatic heterocycles. The summed E-state index contributed by atoms with van der Waals surface area (Å²) in [4.78, 5) is 14.9. The van der Waals surface area contributed by atoms with Crippen LogP contribution in [-0.2, 0) is 17.9 Å². The molecule has 0 fully saturated rings. The number of rotatable bonds is 6. The molecule has 0 atom stereocenters. The predicted octanol–water partition coefficient (Wildman–Crippen LogP) is 1.93. The highest BCUT2D eigenvalue weighted by Crippen LogP contribution is 2.17. The summed E-state index contributed by atoms with van der Waals surface area (Å²) in [5.74, 6) is 0.244. The maximum absolute atomic E-state index is 10.4. The van der Waals surface area contributed by atoms with Crippen LogP contribution in [0.4, 0.5) is 0 Å². The quantitative estimate of drug-likeness (QED) is 0.780. The second-order valence-corrected chi connectivity index (χ2v) is 4.55. The molecule has 19 heavy (non-hydrogen) atoms. The molecule has 0 aliphatic heterocycles. The SMILES string of the molecule is CCn1c(C)nc2cc(CNCCC(=O)O)ccc21. The van der Waals surface area contributed by atoms with E-state index in [4.69, 9.17) is 5.11 Å². The summed E-state index contributed by atoms with van der Waals surface area (Å²) in [6.45, 7) is 6.18. The average Bonchev–Trinajstić information content (AvgIpc) is 2.68. The molecule has 0 unspecified atom stereocenters. The monoisotopic (exact) mass is 261 g/mol. The number of aromatic nitrogens is 2. The molecule has 5 nitrogen and oxygen atoms in total. The normalized spacial score (nSPS) is 11.1. The lowest BCUT2D eigenvalue weighted by atomic mass is 10.2. The van der Waals surface area contributed by atoms with Crippen molar-refractivity contribution in [1.29, 1.82) is 0 Å². The summed E-state index contributed by atoms with van der Waals surface area (Å²) < 4.78 is 2.18. The van der Waals surface area contributed by atoms with Crippen LogP contribution in [0.2, 0.25) is 0 Å². The summed E-state index contributed by atoms with van der Waals surface area (Å²) in [7, 11) is 0. The Hall–Kier alpha value is -1.88. The lowest BCUT2D eigenvalue weighted by Crippen LogP contribution is -2.17. The molecule has 0 amide bonds. The highest BCUT2D eigenvalue weighted by Gasteiger charge is 2.06. The number of carboxylic acid groups (broad SMARTS) is 1. The van der Waals surface area contributed by atoms with E-state index in [2.05, 4.69) is 40.0 Å². The average molecular weight is 261 g/mol. The number of imidazole rings is 1. The molecular weight excluding hydrogens is 242 g/mol. The maximum atomic E-state index is 10.4. The third-order valence-corrected chi connectivity index (χ3v) is 3.16. The van der Waals surface area contributed by atoms with E-state index < -0.39 is 5.97 Å². The van der Waals surface area contributed by atoms with Gasteiger partial charge in [-0.2, -0.15) is 0 Å². The van der Waals surface area contributed by atoms with Crippen LogP contribution >= 0.6 is 0 Å². The summed E-state index contributed by atoms with van der Waals surface area (Å²) in [6, 6.07) is 6.19. The third kappa shape index (κ3) is 3.12. The molecular formula is C14H19N3O2. The summed E-state index contributed by atoms with van der Waals surface area (Å²) >= 11 is 0. The fourth-order valence-electron chi connectivity index (χ4n) is 2.23. The number of nitrogens with zero attached hydrogens (tertiary/aromatic N) is 2. The van der Waals surface area contributed by atoms with Crippen LogP contribution in [0, 0.1) is 6.92 Å². The first-order chi connectivity index (χ1) is 9.11. The first-order valence-electron chi connectivity index (χ1n) is 6.50. The number of hydrogen-bond acceptors (Lipinski definition) is 3. The largest absolute Gasteiger partial charge is 0.481 e. The zero-order chi connectivity index (χ0) is 13.8. The van der Waals surface area contributed by atoms with Gasteiger partial charge in [-0.05, 0) is 31.5 Å². The van der Waals surface area contributed by atoms with Gasteiger partial charge in [0.15, 0.2) is 0 Å². The molecule has 1 aromatic carbocycles. The van der Waals surface area contributed by atoms with E-state index in [1.165, 1.54) is 0 Å². The fraction of sp³-hybridized carbons (Fsp3) is 0.429. The molecule has 0 saturated heterocycles. The number of aryl methyl sites for hydroxylation is 2. The molecule has 2 rings (SSSR count). The molecule has 0 bridgehead atoms. The summed E-state index contributed by atoms with van der Waals surface area (Å²) in [5, 5.41) is 11.7. The molecule has 2 aromatic rings. The van der Waals surface area contributed by atoms with Crippen LogP contribution in [0.1, 0.15) is 24.7 Å². The van der Waals surface area contributed by atoms with Crippen LogP contribution in [-0.4, -0.2) is 27.2 Å². The molecule has 0 saturated carbocycles. The second kappa shape index (κ2) is 5.84. The lowest BCUT2D eigenvalue weighted by molar-refractivity contribution is -0.136. The van der Waals surface area contributed by atoms with Gasteiger partial charge in [-0.15, -0.1) is 0 Å². The fourth-order valence-corrected chi connectivity index (χ4v) is 2.23. The van der Waals surface area contributed by atoms with Crippen molar-refractivity contribution in [3.05, 3.63) is 29.6 Å². The first-order valence-corrected chi connectivity index (χ1v) is 6.50. The van der Waals surface area contributed by atoms with Gasteiger partial charge in [-0.25, -0.2) is 4.98 Å². The van der Waals surface area contributed by atoms with Crippen molar-refractivity contribution in [2.45, 2.75) is 33.4 Å². The third-order valence-electron chi connectivity index (χ3n) is 3.16. The Labute approximate surface area is 112 Å². The number of benzene rings is 1. The minimum Gasteiger partial charge on any atom is -0.481 e. The van der Waals surface area contributed by atoms with Crippen molar-refractivity contribution >= 4 is 17.0 Å². The Kier molecular flexibility index (Phi) is 4.16. The molecule has 2 N–H and O–H groups in total.